The first-order valence-corrected chi connectivity index (χ1v) is 11.6. The van der Waals surface area contributed by atoms with Crippen LogP contribution < -0.4 is 10.6 Å². The SMILES string of the molecule is CN=C(NCCCN1C(=O)C2C3C=CC(C3)C2C1=O)NCCc1ccc2ccccc2c1.I. The molecule has 0 radical (unpaired) electrons. The third-order valence-electron chi connectivity index (χ3n) is 7.16. The van der Waals surface area contributed by atoms with Crippen LogP contribution in [0.2, 0.25) is 0 Å². The van der Waals surface area contributed by atoms with Crippen LogP contribution >= 0.6 is 24.0 Å². The number of carbonyl (C=O) groups is 2. The first-order chi connectivity index (χ1) is 15.7. The molecule has 0 spiro atoms. The minimum Gasteiger partial charge on any atom is -0.356 e. The van der Waals surface area contributed by atoms with Crippen molar-refractivity contribution in [1.29, 1.82) is 0 Å². The van der Waals surface area contributed by atoms with Gasteiger partial charge in [0, 0.05) is 26.7 Å². The Labute approximate surface area is 211 Å². The zero-order valence-electron chi connectivity index (χ0n) is 18.9. The highest BCUT2D eigenvalue weighted by Gasteiger charge is 2.58. The van der Waals surface area contributed by atoms with E-state index in [4.69, 9.17) is 0 Å². The lowest BCUT2D eigenvalue weighted by molar-refractivity contribution is -0.140. The summed E-state index contributed by atoms with van der Waals surface area (Å²) in [6.07, 6.45) is 6.86. The van der Waals surface area contributed by atoms with E-state index in [9.17, 15) is 9.59 Å². The molecule has 1 saturated carbocycles. The molecule has 3 aliphatic rings. The van der Waals surface area contributed by atoms with Crippen LogP contribution in [0.5, 0.6) is 0 Å². The molecule has 2 amide bonds. The number of halogens is 1. The van der Waals surface area contributed by atoms with E-state index in [-0.39, 0.29) is 59.5 Å². The largest absolute Gasteiger partial charge is 0.356 e. The molecule has 0 aromatic heterocycles. The highest BCUT2D eigenvalue weighted by Crippen LogP contribution is 2.52. The Morgan fingerprint density at radius 1 is 0.970 bits per heavy atom. The Morgan fingerprint density at radius 3 is 2.33 bits per heavy atom. The van der Waals surface area contributed by atoms with Gasteiger partial charge in [-0.15, -0.1) is 24.0 Å². The topological polar surface area (TPSA) is 73.8 Å². The van der Waals surface area contributed by atoms with Crippen LogP contribution in [0.3, 0.4) is 0 Å². The molecule has 2 aromatic rings. The molecule has 5 rings (SSSR count). The summed E-state index contributed by atoms with van der Waals surface area (Å²) >= 11 is 0. The van der Waals surface area contributed by atoms with Crippen molar-refractivity contribution in [3.05, 3.63) is 60.2 Å². The van der Waals surface area contributed by atoms with Crippen LogP contribution in [0, 0.1) is 23.7 Å². The summed E-state index contributed by atoms with van der Waals surface area (Å²) in [7, 11) is 1.75. The summed E-state index contributed by atoms with van der Waals surface area (Å²) in [5, 5.41) is 9.15. The van der Waals surface area contributed by atoms with Crippen LogP contribution in [-0.2, 0) is 16.0 Å². The average molecular weight is 558 g/mol. The Bertz CT molecular complexity index is 1070. The zero-order chi connectivity index (χ0) is 22.1. The van der Waals surface area contributed by atoms with Crippen LogP contribution in [-0.4, -0.2) is 49.4 Å². The molecule has 4 atom stereocenters. The molecule has 174 valence electrons. The zero-order valence-corrected chi connectivity index (χ0v) is 21.2. The minimum absolute atomic E-state index is 0. The third kappa shape index (κ3) is 4.65. The minimum atomic E-state index is -0.102. The lowest BCUT2D eigenvalue weighted by Crippen LogP contribution is -2.40. The fourth-order valence-corrected chi connectivity index (χ4v) is 5.57. The average Bonchev–Trinajstić information content (AvgIpc) is 3.50. The third-order valence-corrected chi connectivity index (χ3v) is 7.16. The number of fused-ring (bicyclic) bond motifs is 6. The van der Waals surface area contributed by atoms with E-state index in [1.807, 2.05) is 0 Å². The predicted molar refractivity (Wildman–Crippen MR) is 141 cm³/mol. The van der Waals surface area contributed by atoms with Crippen molar-refractivity contribution in [3.8, 4) is 0 Å². The lowest BCUT2D eigenvalue weighted by atomic mass is 9.85. The molecule has 4 unspecified atom stereocenters. The normalized spacial score (nSPS) is 25.5. The molecule has 6 nitrogen and oxygen atoms in total. The highest BCUT2D eigenvalue weighted by molar-refractivity contribution is 14.0. The summed E-state index contributed by atoms with van der Waals surface area (Å²) in [4.78, 5) is 31.3. The fraction of sp³-hybridized carbons (Fsp3) is 0.423. The van der Waals surface area contributed by atoms with Gasteiger partial charge in [0.25, 0.3) is 0 Å². The molecule has 2 fully saturated rings. The number of nitrogens with one attached hydrogen (secondary N) is 2. The number of imide groups is 1. The molecule has 1 aliphatic heterocycles. The standard InChI is InChI=1S/C26H30N4O2.HI/c1-27-26(29-13-11-17-7-8-18-5-2-3-6-19(18)15-17)28-12-4-14-30-24(31)22-20-9-10-21(16-20)23(22)25(30)32;/h2-3,5-10,15,20-23H,4,11-14,16H2,1H3,(H2,27,28,29);1H. The number of likely N-dealkylation sites (tertiary alicyclic amines) is 1. The summed E-state index contributed by atoms with van der Waals surface area (Å²) in [6.45, 7) is 1.92. The number of hydrogen-bond donors (Lipinski definition) is 2. The second-order valence-electron chi connectivity index (χ2n) is 9.04. The van der Waals surface area contributed by atoms with E-state index in [1.54, 1.807) is 7.05 Å². The Hall–Kier alpha value is -2.42. The number of carbonyl (C=O) groups excluding carboxylic acids is 2. The summed E-state index contributed by atoms with van der Waals surface area (Å²) < 4.78 is 0. The van der Waals surface area contributed by atoms with E-state index in [0.717, 1.165) is 25.3 Å². The summed E-state index contributed by atoms with van der Waals surface area (Å²) in [5.41, 5.74) is 1.28. The van der Waals surface area contributed by atoms with Gasteiger partial charge in [0.05, 0.1) is 11.8 Å². The van der Waals surface area contributed by atoms with Gasteiger partial charge in [-0.25, -0.2) is 0 Å². The Morgan fingerprint density at radius 2 is 1.64 bits per heavy atom. The fourth-order valence-electron chi connectivity index (χ4n) is 5.57. The van der Waals surface area contributed by atoms with Crippen molar-refractivity contribution in [2.75, 3.05) is 26.7 Å². The van der Waals surface area contributed by atoms with Gasteiger partial charge in [0.15, 0.2) is 5.96 Å². The van der Waals surface area contributed by atoms with E-state index >= 15 is 0 Å². The first-order valence-electron chi connectivity index (χ1n) is 11.6. The lowest BCUT2D eigenvalue weighted by Gasteiger charge is -2.18. The molecule has 2 aliphatic carbocycles. The van der Waals surface area contributed by atoms with Gasteiger partial charge in [0.1, 0.15) is 0 Å². The molecule has 2 aromatic carbocycles. The number of nitrogens with zero attached hydrogens (tertiary/aromatic N) is 2. The Kier molecular flexibility index (Phi) is 7.36. The van der Waals surface area contributed by atoms with Crippen molar-refractivity contribution in [2.24, 2.45) is 28.7 Å². The molecule has 7 heteroatoms. The van der Waals surface area contributed by atoms with Crippen molar-refractivity contribution < 1.29 is 9.59 Å². The van der Waals surface area contributed by atoms with Gasteiger partial charge in [-0.3, -0.25) is 19.5 Å². The first kappa shape index (κ1) is 23.7. The van der Waals surface area contributed by atoms with E-state index in [2.05, 4.69) is 70.2 Å². The van der Waals surface area contributed by atoms with Gasteiger partial charge in [-0.1, -0.05) is 54.6 Å². The van der Waals surface area contributed by atoms with E-state index in [0.29, 0.717) is 19.5 Å². The van der Waals surface area contributed by atoms with Crippen molar-refractivity contribution in [2.45, 2.75) is 19.3 Å². The van der Waals surface area contributed by atoms with Crippen LogP contribution in [0.25, 0.3) is 10.8 Å². The number of benzene rings is 2. The quantitative estimate of drug-likeness (QED) is 0.137. The van der Waals surface area contributed by atoms with Crippen LogP contribution in [0.15, 0.2) is 59.6 Å². The van der Waals surface area contributed by atoms with Crippen molar-refractivity contribution >= 4 is 52.5 Å². The number of rotatable bonds is 7. The second-order valence-corrected chi connectivity index (χ2v) is 9.04. The monoisotopic (exact) mass is 558 g/mol. The number of allylic oxidation sites excluding steroid dienone is 2. The van der Waals surface area contributed by atoms with Gasteiger partial charge < -0.3 is 10.6 Å². The maximum Gasteiger partial charge on any atom is 0.233 e. The number of amides is 2. The molecule has 1 saturated heterocycles. The van der Waals surface area contributed by atoms with Crippen molar-refractivity contribution in [3.63, 3.8) is 0 Å². The number of aliphatic imine (C=N–C) groups is 1. The molecule has 2 N–H and O–H groups in total. The maximum absolute atomic E-state index is 12.7. The van der Waals surface area contributed by atoms with Gasteiger partial charge >= 0.3 is 0 Å². The summed E-state index contributed by atoms with van der Waals surface area (Å²) in [6, 6.07) is 14.9. The molecule has 33 heavy (non-hydrogen) atoms. The highest BCUT2D eigenvalue weighted by atomic mass is 127. The van der Waals surface area contributed by atoms with E-state index < -0.39 is 0 Å². The molecule has 1 heterocycles. The Balaban J connectivity index is 0.00000259. The second kappa shape index (κ2) is 10.2. The predicted octanol–water partition coefficient (Wildman–Crippen LogP) is 3.36. The molecule has 2 bridgehead atoms. The van der Waals surface area contributed by atoms with Gasteiger partial charge in [-0.2, -0.15) is 0 Å². The van der Waals surface area contributed by atoms with Crippen molar-refractivity contribution in [1.82, 2.24) is 15.5 Å². The van der Waals surface area contributed by atoms with Crippen LogP contribution in [0.4, 0.5) is 0 Å². The number of guanidine groups is 1. The molecular weight excluding hydrogens is 527 g/mol. The maximum atomic E-state index is 12.7. The van der Waals surface area contributed by atoms with Gasteiger partial charge in [0.2, 0.25) is 11.8 Å². The van der Waals surface area contributed by atoms with Gasteiger partial charge in [-0.05, 0) is 47.4 Å². The van der Waals surface area contributed by atoms with E-state index in [1.165, 1.54) is 21.2 Å². The smallest absolute Gasteiger partial charge is 0.233 e. The number of hydrogen-bond acceptors (Lipinski definition) is 3. The van der Waals surface area contributed by atoms with Crippen LogP contribution in [0.1, 0.15) is 18.4 Å². The summed E-state index contributed by atoms with van der Waals surface area (Å²) in [5.74, 6) is 1.16. The molecular formula is C26H31IN4O2.